The summed E-state index contributed by atoms with van der Waals surface area (Å²) in [5.74, 6) is 0.0819. The number of rotatable bonds is 3. The molecule has 1 N–H and O–H groups in total. The van der Waals surface area contributed by atoms with E-state index >= 15 is 0 Å². The van der Waals surface area contributed by atoms with E-state index in [1.807, 2.05) is 30.3 Å². The molecule has 3 atom stereocenters. The Balaban J connectivity index is 1.65. The first-order valence-corrected chi connectivity index (χ1v) is 7.00. The van der Waals surface area contributed by atoms with E-state index in [0.717, 1.165) is 31.7 Å². The summed E-state index contributed by atoms with van der Waals surface area (Å²) in [6.45, 7) is 5.02. The van der Waals surface area contributed by atoms with E-state index < -0.39 is 0 Å². The van der Waals surface area contributed by atoms with Gasteiger partial charge in [-0.15, -0.1) is 0 Å². The molecule has 2 bridgehead atoms. The van der Waals surface area contributed by atoms with E-state index in [2.05, 4.69) is 17.1 Å². The lowest BCUT2D eigenvalue weighted by molar-refractivity contribution is -0.122. The Morgan fingerprint density at radius 3 is 2.89 bits per heavy atom. The second-order valence-corrected chi connectivity index (χ2v) is 5.35. The standard InChI is InChI=1S/C15H20N2O2/c1-2-17-9-12-8-13(14(10-17)19-12)15(18)16-11-6-4-3-5-7-11/h3-7,12-14H,2,8-10H2,1H3,(H,16,18)/t12-,13-,14-/m0/s1. The van der Waals surface area contributed by atoms with Gasteiger partial charge in [-0.3, -0.25) is 9.69 Å². The number of hydrogen-bond donors (Lipinski definition) is 1. The van der Waals surface area contributed by atoms with Crippen molar-refractivity contribution >= 4 is 11.6 Å². The summed E-state index contributed by atoms with van der Waals surface area (Å²) in [6.07, 6.45) is 1.13. The van der Waals surface area contributed by atoms with Gasteiger partial charge in [-0.1, -0.05) is 25.1 Å². The van der Waals surface area contributed by atoms with Crippen LogP contribution in [-0.4, -0.2) is 42.6 Å². The molecular weight excluding hydrogens is 240 g/mol. The summed E-state index contributed by atoms with van der Waals surface area (Å²) < 4.78 is 5.90. The summed E-state index contributed by atoms with van der Waals surface area (Å²) >= 11 is 0. The smallest absolute Gasteiger partial charge is 0.230 e. The minimum absolute atomic E-state index is 0.0123. The zero-order chi connectivity index (χ0) is 13.2. The fourth-order valence-electron chi connectivity index (χ4n) is 3.03. The minimum atomic E-state index is -0.0123. The molecule has 4 nitrogen and oxygen atoms in total. The molecule has 102 valence electrons. The van der Waals surface area contributed by atoms with Crippen molar-refractivity contribution in [1.82, 2.24) is 4.90 Å². The molecule has 2 fully saturated rings. The SMILES string of the molecule is CCN1C[C@@H]2C[C@H](C(=O)Nc3ccccc3)[C@H](C1)O2. The van der Waals surface area contributed by atoms with E-state index in [1.54, 1.807) is 0 Å². The van der Waals surface area contributed by atoms with Gasteiger partial charge in [0.05, 0.1) is 18.1 Å². The molecule has 0 unspecified atom stereocenters. The predicted octanol–water partition coefficient (Wildman–Crippen LogP) is 1.73. The molecule has 2 aliphatic heterocycles. The van der Waals surface area contributed by atoms with Crippen LogP contribution in [0.15, 0.2) is 30.3 Å². The highest BCUT2D eigenvalue weighted by atomic mass is 16.5. The number of carbonyl (C=O) groups excluding carboxylic acids is 1. The van der Waals surface area contributed by atoms with Crippen LogP contribution >= 0.6 is 0 Å². The van der Waals surface area contributed by atoms with Gasteiger partial charge in [0, 0.05) is 18.8 Å². The molecule has 2 saturated heterocycles. The van der Waals surface area contributed by atoms with E-state index in [-0.39, 0.29) is 24.0 Å². The molecule has 19 heavy (non-hydrogen) atoms. The Labute approximate surface area is 113 Å². The lowest BCUT2D eigenvalue weighted by atomic mass is 9.99. The number of nitrogens with one attached hydrogen (secondary N) is 1. The molecule has 1 amide bonds. The molecule has 3 rings (SSSR count). The summed E-state index contributed by atoms with van der Waals surface area (Å²) in [6, 6.07) is 9.63. The van der Waals surface area contributed by atoms with Crippen molar-refractivity contribution in [2.45, 2.75) is 25.6 Å². The molecule has 0 aliphatic carbocycles. The molecule has 4 heteroatoms. The molecule has 0 saturated carbocycles. The second kappa shape index (κ2) is 5.31. The molecule has 0 aromatic heterocycles. The summed E-state index contributed by atoms with van der Waals surface area (Å²) in [5.41, 5.74) is 0.862. The number of ether oxygens (including phenoxy) is 1. The van der Waals surface area contributed by atoms with Crippen LogP contribution < -0.4 is 5.32 Å². The van der Waals surface area contributed by atoms with Gasteiger partial charge in [0.2, 0.25) is 5.91 Å². The number of likely N-dealkylation sites (N-methyl/N-ethyl adjacent to an activating group) is 1. The van der Waals surface area contributed by atoms with Crippen molar-refractivity contribution in [2.75, 3.05) is 25.0 Å². The van der Waals surface area contributed by atoms with Gasteiger partial charge in [0.1, 0.15) is 0 Å². The van der Waals surface area contributed by atoms with Gasteiger partial charge in [-0.25, -0.2) is 0 Å². The Morgan fingerprint density at radius 2 is 2.16 bits per heavy atom. The first-order valence-electron chi connectivity index (χ1n) is 7.00. The minimum Gasteiger partial charge on any atom is -0.371 e. The molecule has 2 aliphatic rings. The zero-order valence-electron chi connectivity index (χ0n) is 11.2. The van der Waals surface area contributed by atoms with E-state index in [4.69, 9.17) is 4.74 Å². The van der Waals surface area contributed by atoms with Crippen molar-refractivity contribution in [3.05, 3.63) is 30.3 Å². The highest BCUT2D eigenvalue weighted by Gasteiger charge is 2.44. The van der Waals surface area contributed by atoms with Crippen LogP contribution in [0.2, 0.25) is 0 Å². The van der Waals surface area contributed by atoms with Crippen LogP contribution in [0.1, 0.15) is 13.3 Å². The van der Waals surface area contributed by atoms with Crippen LogP contribution in [0.4, 0.5) is 5.69 Å². The van der Waals surface area contributed by atoms with Gasteiger partial charge in [0.25, 0.3) is 0 Å². The van der Waals surface area contributed by atoms with E-state index in [9.17, 15) is 4.79 Å². The van der Waals surface area contributed by atoms with Gasteiger partial charge in [0.15, 0.2) is 0 Å². The first kappa shape index (κ1) is 12.6. The van der Waals surface area contributed by atoms with Gasteiger partial charge in [-0.2, -0.15) is 0 Å². The molecule has 1 aromatic carbocycles. The Hall–Kier alpha value is -1.39. The van der Waals surface area contributed by atoms with Crippen molar-refractivity contribution in [3.63, 3.8) is 0 Å². The van der Waals surface area contributed by atoms with Crippen molar-refractivity contribution in [1.29, 1.82) is 0 Å². The lowest BCUT2D eigenvalue weighted by Crippen LogP contribution is -2.44. The Kier molecular flexibility index (Phi) is 3.53. The third kappa shape index (κ3) is 2.65. The Bertz CT molecular complexity index is 449. The normalized spacial score (nSPS) is 30.3. The van der Waals surface area contributed by atoms with Crippen LogP contribution in [0.25, 0.3) is 0 Å². The first-order chi connectivity index (χ1) is 9.26. The summed E-state index contributed by atoms with van der Waals surface area (Å²) in [4.78, 5) is 14.7. The number of benzene rings is 1. The summed E-state index contributed by atoms with van der Waals surface area (Å²) in [7, 11) is 0. The molecular formula is C15H20N2O2. The average molecular weight is 260 g/mol. The predicted molar refractivity (Wildman–Crippen MR) is 74.0 cm³/mol. The Morgan fingerprint density at radius 1 is 1.37 bits per heavy atom. The number of amides is 1. The van der Waals surface area contributed by atoms with Crippen LogP contribution in [-0.2, 0) is 9.53 Å². The number of carbonyl (C=O) groups is 1. The van der Waals surface area contributed by atoms with Crippen LogP contribution in [0.3, 0.4) is 0 Å². The van der Waals surface area contributed by atoms with E-state index in [0.29, 0.717) is 0 Å². The molecule has 0 radical (unpaired) electrons. The van der Waals surface area contributed by atoms with Crippen LogP contribution in [0, 0.1) is 5.92 Å². The number of fused-ring (bicyclic) bond motifs is 2. The van der Waals surface area contributed by atoms with Gasteiger partial charge >= 0.3 is 0 Å². The second-order valence-electron chi connectivity index (χ2n) is 5.35. The lowest BCUT2D eigenvalue weighted by Gasteiger charge is -2.31. The highest BCUT2D eigenvalue weighted by Crippen LogP contribution is 2.32. The molecule has 1 aromatic rings. The maximum absolute atomic E-state index is 12.3. The van der Waals surface area contributed by atoms with Crippen molar-refractivity contribution in [2.24, 2.45) is 5.92 Å². The van der Waals surface area contributed by atoms with Crippen molar-refractivity contribution < 1.29 is 9.53 Å². The maximum Gasteiger partial charge on any atom is 0.230 e. The van der Waals surface area contributed by atoms with Gasteiger partial charge in [-0.05, 0) is 25.1 Å². The number of morpholine rings is 1. The summed E-state index contributed by atoms with van der Waals surface area (Å²) in [5, 5.41) is 2.99. The number of anilines is 1. The molecule has 0 spiro atoms. The number of nitrogens with zero attached hydrogens (tertiary/aromatic N) is 1. The number of likely N-dealkylation sites (tertiary alicyclic amines) is 1. The third-order valence-electron chi connectivity index (χ3n) is 4.06. The monoisotopic (exact) mass is 260 g/mol. The van der Waals surface area contributed by atoms with Crippen LogP contribution in [0.5, 0.6) is 0 Å². The van der Waals surface area contributed by atoms with Gasteiger partial charge < -0.3 is 10.1 Å². The highest BCUT2D eigenvalue weighted by molar-refractivity contribution is 5.93. The largest absolute Gasteiger partial charge is 0.371 e. The average Bonchev–Trinajstić information content (AvgIpc) is 2.74. The van der Waals surface area contributed by atoms with Crippen molar-refractivity contribution in [3.8, 4) is 0 Å². The zero-order valence-corrected chi connectivity index (χ0v) is 11.2. The fraction of sp³-hybridized carbons (Fsp3) is 0.533. The quantitative estimate of drug-likeness (QED) is 0.900. The fourth-order valence-corrected chi connectivity index (χ4v) is 3.03. The number of para-hydroxylation sites is 1. The topological polar surface area (TPSA) is 41.6 Å². The van der Waals surface area contributed by atoms with E-state index in [1.165, 1.54) is 0 Å². The maximum atomic E-state index is 12.3. The third-order valence-corrected chi connectivity index (χ3v) is 4.06. The number of hydrogen-bond acceptors (Lipinski definition) is 3. The molecule has 2 heterocycles.